The number of hydrogen-bond donors (Lipinski definition) is 12. The molecule has 0 aliphatic carbocycles. The number of nitro benzene ring substituents is 4. The highest BCUT2D eigenvalue weighted by Gasteiger charge is 2.23. The topological polar surface area (TPSA) is 377 Å². The van der Waals surface area contributed by atoms with E-state index in [1.54, 1.807) is 43.4 Å². The van der Waals surface area contributed by atoms with E-state index in [0.29, 0.717) is 102 Å². The quantitative estimate of drug-likeness (QED) is 0.00847. The minimum atomic E-state index is -0.456. The maximum Gasteiger partial charge on any atom is 0.315 e. The van der Waals surface area contributed by atoms with Gasteiger partial charge in [0.05, 0.1) is 46.1 Å². The van der Waals surface area contributed by atoms with Crippen LogP contribution in [0, 0.1) is 40.5 Å². The van der Waals surface area contributed by atoms with Crippen LogP contribution < -0.4 is 48.3 Å². The fraction of sp³-hybridized carbons (Fsp3) is 0.586. The average Bonchev–Trinajstić information content (AvgIpc) is 3.49. The van der Waals surface area contributed by atoms with Crippen LogP contribution in [0.1, 0.15) is 97.8 Å². The number of nitrogens with two attached hydrogens (primary N) is 1. The molecule has 0 aromatic heterocycles. The fourth-order valence-electron chi connectivity index (χ4n) is 8.12. The summed E-state index contributed by atoms with van der Waals surface area (Å²) in [5.41, 5.74) is 9.28. The SMILES string of the molecule is CCCCNCCCNc1ccc(N)cc1[N+](=O)[O-].CCCN(C)CCCNc1ccc(NC)c([N+](=O)[O-])c1.CCCOCCNc1cc(Cl)cc(NCCOCCO)c1[N+](=O)[O-].O=[N+]([O-])c1c(NCCCCCO)cc(Cl)cc1NCCCCCO. The van der Waals surface area contributed by atoms with Crippen molar-refractivity contribution in [3.63, 3.8) is 0 Å². The second-order valence-electron chi connectivity index (χ2n) is 19.7. The van der Waals surface area contributed by atoms with Gasteiger partial charge in [-0.2, -0.15) is 0 Å². The van der Waals surface area contributed by atoms with Crippen LogP contribution in [0.25, 0.3) is 0 Å². The molecule has 490 valence electrons. The van der Waals surface area contributed by atoms with Crippen LogP contribution in [0.3, 0.4) is 0 Å². The first kappa shape index (κ1) is 78.2. The number of hydrogen-bond acceptors (Lipinski definition) is 23. The van der Waals surface area contributed by atoms with E-state index in [-0.39, 0.29) is 54.1 Å². The Labute approximate surface area is 521 Å². The van der Waals surface area contributed by atoms with Gasteiger partial charge in [0, 0.05) is 99.7 Å². The Bertz CT molecular complexity index is 2400. The van der Waals surface area contributed by atoms with Crippen molar-refractivity contribution < 1.29 is 44.5 Å². The molecule has 4 aromatic rings. The molecule has 0 radical (unpaired) electrons. The van der Waals surface area contributed by atoms with Gasteiger partial charge in [-0.15, -0.1) is 0 Å². The Morgan fingerprint density at radius 3 is 1.41 bits per heavy atom. The van der Waals surface area contributed by atoms with E-state index >= 15 is 0 Å². The summed E-state index contributed by atoms with van der Waals surface area (Å²) in [4.78, 5) is 45.3. The predicted octanol–water partition coefficient (Wildman–Crippen LogP) is 11.1. The van der Waals surface area contributed by atoms with Gasteiger partial charge in [0.1, 0.15) is 34.1 Å². The van der Waals surface area contributed by atoms with Crippen LogP contribution in [-0.4, -0.2) is 166 Å². The van der Waals surface area contributed by atoms with Crippen molar-refractivity contribution >= 4 is 91.5 Å². The van der Waals surface area contributed by atoms with Crippen molar-refractivity contribution in [3.8, 4) is 0 Å². The molecule has 4 aromatic carbocycles. The highest BCUT2D eigenvalue weighted by Crippen LogP contribution is 2.38. The Hall–Kier alpha value is -6.82. The zero-order valence-corrected chi connectivity index (χ0v) is 52.8. The smallest absolute Gasteiger partial charge is 0.315 e. The fourth-order valence-corrected chi connectivity index (χ4v) is 8.56. The molecule has 0 atom stereocenters. The minimum absolute atomic E-state index is 0.0104. The van der Waals surface area contributed by atoms with Crippen LogP contribution in [0.15, 0.2) is 60.7 Å². The number of aliphatic hydroxyl groups is 3. The molecule has 0 aliphatic heterocycles. The summed E-state index contributed by atoms with van der Waals surface area (Å²) in [6.45, 7) is 15.8. The van der Waals surface area contributed by atoms with Crippen molar-refractivity contribution in [2.45, 2.75) is 97.8 Å². The minimum Gasteiger partial charge on any atom is -0.399 e. The number of nitro groups is 4. The molecule has 87 heavy (non-hydrogen) atoms. The summed E-state index contributed by atoms with van der Waals surface area (Å²) < 4.78 is 10.5. The highest BCUT2D eigenvalue weighted by atomic mass is 35.5. The van der Waals surface area contributed by atoms with Crippen LogP contribution in [-0.2, 0) is 9.47 Å². The number of ether oxygens (including phenoxy) is 2. The Balaban J connectivity index is 0.000000583. The summed E-state index contributed by atoms with van der Waals surface area (Å²) in [5, 5.41) is 96.2. The van der Waals surface area contributed by atoms with E-state index < -0.39 is 14.8 Å². The second kappa shape index (κ2) is 49.2. The molecule has 29 heteroatoms. The number of nitrogens with one attached hydrogen (secondary N) is 8. The lowest BCUT2D eigenvalue weighted by Crippen LogP contribution is -2.22. The van der Waals surface area contributed by atoms with Crippen molar-refractivity contribution in [1.82, 2.24) is 10.2 Å². The Morgan fingerprint density at radius 1 is 0.471 bits per heavy atom. The number of unbranched alkanes of at least 4 members (excludes halogenated alkanes) is 5. The Morgan fingerprint density at radius 2 is 0.943 bits per heavy atom. The van der Waals surface area contributed by atoms with Gasteiger partial charge in [-0.1, -0.05) is 50.4 Å². The molecule has 0 unspecified atom stereocenters. The number of aliphatic hydroxyl groups excluding tert-OH is 3. The lowest BCUT2D eigenvalue weighted by molar-refractivity contribution is -0.384. The van der Waals surface area contributed by atoms with E-state index in [1.165, 1.54) is 31.0 Å². The standard InChI is InChI=1S/C16H26ClN3O4.C15H24ClN3O5.C14H24N4O2.C13H22N4O2/c17-13-11-14(18-7-3-1-5-9-21)16(20(23)24)15(12-13)19-8-4-2-6-10-22;1-2-6-23-7-3-17-13-10-12(16)11-14(15(13)19(21)22)18-4-8-24-9-5-20;1-4-9-17(3)10-5-8-16-12-6-7-13(15-2)14(11-12)18(19)20;1-2-3-7-15-8-4-9-16-12-6-5-11(14)10-13(12)17(18)19/h11-12,18-19,21-22H,1-10H2;10-11,17-18,20H,2-9H2,1H3;6-7,11,15-16H,4-5,8-10H2,1-3H3;5-6,10,15-16H,2-4,7-9,14H2,1H3. The summed E-state index contributed by atoms with van der Waals surface area (Å²) in [7, 11) is 3.79. The molecule has 27 nitrogen and oxygen atoms in total. The lowest BCUT2D eigenvalue weighted by Gasteiger charge is -2.15. The number of benzene rings is 4. The predicted molar refractivity (Wildman–Crippen MR) is 353 cm³/mol. The first-order valence-corrected chi connectivity index (χ1v) is 30.4. The van der Waals surface area contributed by atoms with Crippen molar-refractivity contribution in [2.75, 3.05) is 169 Å². The molecule has 0 saturated heterocycles. The van der Waals surface area contributed by atoms with E-state index in [4.69, 9.17) is 53.7 Å². The van der Waals surface area contributed by atoms with E-state index in [0.717, 1.165) is 103 Å². The van der Waals surface area contributed by atoms with Crippen molar-refractivity contribution in [3.05, 3.63) is 111 Å². The zero-order chi connectivity index (χ0) is 64.6. The molecule has 13 N–H and O–H groups in total. The third-order valence-electron chi connectivity index (χ3n) is 12.4. The molecule has 0 heterocycles. The Kier molecular flexibility index (Phi) is 44.2. The van der Waals surface area contributed by atoms with E-state index in [1.807, 2.05) is 13.0 Å². The van der Waals surface area contributed by atoms with E-state index in [2.05, 4.69) is 68.3 Å². The maximum absolute atomic E-state index is 11.4. The first-order chi connectivity index (χ1) is 41.9. The van der Waals surface area contributed by atoms with Gasteiger partial charge in [0.25, 0.3) is 11.4 Å². The van der Waals surface area contributed by atoms with Gasteiger partial charge in [0.15, 0.2) is 0 Å². The summed E-state index contributed by atoms with van der Waals surface area (Å²) in [6.07, 6.45) is 11.2. The molecular formula is C58H96Cl2N14O13. The van der Waals surface area contributed by atoms with Crippen LogP contribution in [0.5, 0.6) is 0 Å². The normalized spacial score (nSPS) is 10.6. The summed E-state index contributed by atoms with van der Waals surface area (Å²) in [5.74, 6) is 0. The zero-order valence-electron chi connectivity index (χ0n) is 51.3. The monoisotopic (exact) mass is 1270 g/mol. The lowest BCUT2D eigenvalue weighted by atomic mass is 10.2. The number of anilines is 8. The van der Waals surface area contributed by atoms with Gasteiger partial charge < -0.3 is 78.0 Å². The molecule has 0 fully saturated rings. The summed E-state index contributed by atoms with van der Waals surface area (Å²) >= 11 is 12.1. The largest absolute Gasteiger partial charge is 0.399 e. The van der Waals surface area contributed by atoms with Gasteiger partial charge in [-0.3, -0.25) is 40.5 Å². The van der Waals surface area contributed by atoms with E-state index in [9.17, 15) is 40.5 Å². The number of halogens is 2. The van der Waals surface area contributed by atoms with Gasteiger partial charge in [-0.25, -0.2) is 0 Å². The van der Waals surface area contributed by atoms with Gasteiger partial charge in [0.2, 0.25) is 0 Å². The maximum atomic E-state index is 11.4. The molecule has 0 aliphatic rings. The van der Waals surface area contributed by atoms with Crippen LogP contribution >= 0.6 is 23.2 Å². The molecular weight excluding hydrogens is 1170 g/mol. The third kappa shape index (κ3) is 34.9. The molecule has 4 rings (SSSR count). The van der Waals surface area contributed by atoms with Crippen molar-refractivity contribution in [2.24, 2.45) is 0 Å². The van der Waals surface area contributed by atoms with Crippen LogP contribution in [0.4, 0.5) is 68.2 Å². The first-order valence-electron chi connectivity index (χ1n) is 29.7. The number of nitrogen functional groups attached to an aromatic ring is 1. The van der Waals surface area contributed by atoms with Crippen molar-refractivity contribution in [1.29, 1.82) is 0 Å². The molecule has 0 saturated carbocycles. The van der Waals surface area contributed by atoms with Crippen LogP contribution in [0.2, 0.25) is 10.0 Å². The average molecular weight is 1270 g/mol. The van der Waals surface area contributed by atoms with Gasteiger partial charge in [-0.05, 0) is 152 Å². The molecule has 0 spiro atoms. The third-order valence-corrected chi connectivity index (χ3v) is 12.8. The number of nitrogens with zero attached hydrogens (tertiary/aromatic N) is 5. The van der Waals surface area contributed by atoms with Gasteiger partial charge >= 0.3 is 11.4 Å². The molecule has 0 bridgehead atoms. The summed E-state index contributed by atoms with van der Waals surface area (Å²) in [6, 6.07) is 16.0. The molecule has 0 amide bonds. The highest BCUT2D eigenvalue weighted by molar-refractivity contribution is 6.31. The number of rotatable bonds is 44. The second-order valence-corrected chi connectivity index (χ2v) is 20.6.